The number of aryl methyl sites for hydroxylation is 2. The van der Waals surface area contributed by atoms with Crippen molar-refractivity contribution < 1.29 is 4.79 Å². The monoisotopic (exact) mass is 299 g/mol. The molecule has 0 aliphatic heterocycles. The predicted octanol–water partition coefficient (Wildman–Crippen LogP) is 1.65. The second-order valence-corrected chi connectivity index (χ2v) is 5.07. The summed E-state index contributed by atoms with van der Waals surface area (Å²) < 4.78 is 0. The van der Waals surface area contributed by atoms with Gasteiger partial charge in [-0.15, -0.1) is 0 Å². The first kappa shape index (κ1) is 15.9. The van der Waals surface area contributed by atoms with Crippen molar-refractivity contribution in [2.24, 2.45) is 0 Å². The van der Waals surface area contributed by atoms with Gasteiger partial charge in [-0.05, 0) is 32.0 Å². The van der Waals surface area contributed by atoms with Gasteiger partial charge in [0.05, 0.1) is 0 Å². The number of carbonyl (C=O) groups is 1. The molecule has 2 N–H and O–H groups in total. The molecule has 0 saturated heterocycles. The lowest BCUT2D eigenvalue weighted by Gasteiger charge is -2.07. The first-order valence-corrected chi connectivity index (χ1v) is 7.36. The lowest BCUT2D eigenvalue weighted by atomic mass is 10.2. The Morgan fingerprint density at radius 1 is 1.14 bits per heavy atom. The first-order valence-electron chi connectivity index (χ1n) is 7.36. The summed E-state index contributed by atoms with van der Waals surface area (Å²) in [6.45, 7) is 4.95. The number of carbonyl (C=O) groups excluding carboxylic acids is 1. The zero-order valence-corrected chi connectivity index (χ0v) is 13.0. The summed E-state index contributed by atoms with van der Waals surface area (Å²) >= 11 is 0. The standard InChI is InChI=1S/C16H21N5O/c1-12-11-13(2)21-16(20-12)19-10-7-15(22)18-9-6-14-5-3-4-8-17-14/h3-5,8,11H,6-7,9-10H2,1-2H3,(H,18,22)(H,19,20,21). The molecule has 116 valence electrons. The van der Waals surface area contributed by atoms with Crippen LogP contribution in [0.25, 0.3) is 0 Å². The summed E-state index contributed by atoms with van der Waals surface area (Å²) in [5.74, 6) is 0.576. The third kappa shape index (κ3) is 5.47. The van der Waals surface area contributed by atoms with Crippen LogP contribution in [0.5, 0.6) is 0 Å². The molecule has 0 unspecified atom stereocenters. The van der Waals surface area contributed by atoms with Crippen molar-refractivity contribution in [3.63, 3.8) is 0 Å². The molecule has 0 bridgehead atoms. The van der Waals surface area contributed by atoms with Gasteiger partial charge in [0.1, 0.15) is 0 Å². The maximum absolute atomic E-state index is 11.7. The second-order valence-electron chi connectivity index (χ2n) is 5.07. The Hall–Kier alpha value is -2.50. The summed E-state index contributed by atoms with van der Waals surface area (Å²) in [6, 6.07) is 7.68. The number of pyridine rings is 1. The van der Waals surface area contributed by atoms with Gasteiger partial charge >= 0.3 is 0 Å². The molecule has 0 aliphatic carbocycles. The summed E-state index contributed by atoms with van der Waals surface area (Å²) in [5, 5.41) is 5.95. The van der Waals surface area contributed by atoms with Crippen molar-refractivity contribution in [3.8, 4) is 0 Å². The smallest absolute Gasteiger partial charge is 0.223 e. The summed E-state index contributed by atoms with van der Waals surface area (Å²) in [4.78, 5) is 24.5. The van der Waals surface area contributed by atoms with Crippen LogP contribution in [-0.2, 0) is 11.2 Å². The van der Waals surface area contributed by atoms with Crippen LogP contribution in [0.3, 0.4) is 0 Å². The van der Waals surface area contributed by atoms with E-state index in [-0.39, 0.29) is 5.91 Å². The van der Waals surface area contributed by atoms with E-state index < -0.39 is 0 Å². The van der Waals surface area contributed by atoms with E-state index in [1.165, 1.54) is 0 Å². The van der Waals surface area contributed by atoms with Crippen LogP contribution in [0.2, 0.25) is 0 Å². The molecule has 0 radical (unpaired) electrons. The van der Waals surface area contributed by atoms with Crippen molar-refractivity contribution >= 4 is 11.9 Å². The van der Waals surface area contributed by atoms with Crippen molar-refractivity contribution in [2.45, 2.75) is 26.7 Å². The molecule has 6 heteroatoms. The molecule has 0 fully saturated rings. The van der Waals surface area contributed by atoms with Crippen molar-refractivity contribution in [2.75, 3.05) is 18.4 Å². The molecule has 1 amide bonds. The third-order valence-corrected chi connectivity index (χ3v) is 3.05. The molecule has 0 spiro atoms. The van der Waals surface area contributed by atoms with Crippen LogP contribution in [0.1, 0.15) is 23.5 Å². The van der Waals surface area contributed by atoms with Gasteiger partial charge in [-0.3, -0.25) is 9.78 Å². The number of aromatic nitrogens is 3. The molecule has 0 aromatic carbocycles. The summed E-state index contributed by atoms with van der Waals surface area (Å²) in [5.41, 5.74) is 2.80. The molecule has 22 heavy (non-hydrogen) atoms. The number of hydrogen-bond donors (Lipinski definition) is 2. The van der Waals surface area contributed by atoms with Gasteiger partial charge in [-0.25, -0.2) is 9.97 Å². The van der Waals surface area contributed by atoms with Gasteiger partial charge in [0.2, 0.25) is 11.9 Å². The Morgan fingerprint density at radius 3 is 2.59 bits per heavy atom. The highest BCUT2D eigenvalue weighted by molar-refractivity contribution is 5.76. The molecule has 2 aromatic heterocycles. The van der Waals surface area contributed by atoms with E-state index in [1.54, 1.807) is 6.20 Å². The highest BCUT2D eigenvalue weighted by atomic mass is 16.1. The largest absolute Gasteiger partial charge is 0.356 e. The lowest BCUT2D eigenvalue weighted by molar-refractivity contribution is -0.120. The molecule has 0 aliphatic rings. The van der Waals surface area contributed by atoms with E-state index in [1.807, 2.05) is 38.1 Å². The fourth-order valence-electron chi connectivity index (χ4n) is 2.06. The average molecular weight is 299 g/mol. The van der Waals surface area contributed by atoms with E-state index in [4.69, 9.17) is 0 Å². The maximum Gasteiger partial charge on any atom is 0.223 e. The first-order chi connectivity index (χ1) is 10.6. The number of nitrogens with zero attached hydrogens (tertiary/aromatic N) is 3. The quantitative estimate of drug-likeness (QED) is 0.812. The number of hydrogen-bond acceptors (Lipinski definition) is 5. The van der Waals surface area contributed by atoms with Crippen LogP contribution < -0.4 is 10.6 Å². The predicted molar refractivity (Wildman–Crippen MR) is 85.6 cm³/mol. The van der Waals surface area contributed by atoms with Gasteiger partial charge < -0.3 is 10.6 Å². The molecular weight excluding hydrogens is 278 g/mol. The fraction of sp³-hybridized carbons (Fsp3) is 0.375. The van der Waals surface area contributed by atoms with Crippen LogP contribution >= 0.6 is 0 Å². The average Bonchev–Trinajstić information content (AvgIpc) is 2.47. The van der Waals surface area contributed by atoms with E-state index >= 15 is 0 Å². The molecule has 2 rings (SSSR count). The molecule has 0 atom stereocenters. The Morgan fingerprint density at radius 2 is 1.91 bits per heavy atom. The zero-order chi connectivity index (χ0) is 15.8. The molecule has 2 heterocycles. The molecule has 2 aromatic rings. The van der Waals surface area contributed by atoms with E-state index in [9.17, 15) is 4.79 Å². The van der Waals surface area contributed by atoms with Gasteiger partial charge in [0, 0.05) is 49.2 Å². The lowest BCUT2D eigenvalue weighted by Crippen LogP contribution is -2.27. The highest BCUT2D eigenvalue weighted by Crippen LogP contribution is 2.03. The minimum atomic E-state index is 0.00723. The van der Waals surface area contributed by atoms with Crippen LogP contribution in [-0.4, -0.2) is 33.9 Å². The topological polar surface area (TPSA) is 79.8 Å². The van der Waals surface area contributed by atoms with E-state index in [2.05, 4.69) is 25.6 Å². The number of amides is 1. The van der Waals surface area contributed by atoms with Gasteiger partial charge in [-0.1, -0.05) is 6.07 Å². The Bertz CT molecular complexity index is 595. The number of rotatable bonds is 7. The third-order valence-electron chi connectivity index (χ3n) is 3.05. The van der Waals surface area contributed by atoms with Gasteiger partial charge in [-0.2, -0.15) is 0 Å². The number of nitrogens with one attached hydrogen (secondary N) is 2. The van der Waals surface area contributed by atoms with Gasteiger partial charge in [0.25, 0.3) is 0 Å². The van der Waals surface area contributed by atoms with Crippen LogP contribution in [0.4, 0.5) is 5.95 Å². The Kier molecular flexibility index (Phi) is 5.82. The van der Waals surface area contributed by atoms with Crippen molar-refractivity contribution in [3.05, 3.63) is 47.5 Å². The molecule has 0 saturated carbocycles. The van der Waals surface area contributed by atoms with Crippen LogP contribution in [0.15, 0.2) is 30.5 Å². The number of anilines is 1. The van der Waals surface area contributed by atoms with Crippen molar-refractivity contribution in [1.29, 1.82) is 0 Å². The summed E-state index contributed by atoms with van der Waals surface area (Å²) in [6.07, 6.45) is 2.88. The minimum absolute atomic E-state index is 0.00723. The highest BCUT2D eigenvalue weighted by Gasteiger charge is 2.03. The van der Waals surface area contributed by atoms with Gasteiger partial charge in [0.15, 0.2) is 0 Å². The zero-order valence-electron chi connectivity index (χ0n) is 13.0. The van der Waals surface area contributed by atoms with E-state index in [0.717, 1.165) is 23.5 Å². The SMILES string of the molecule is Cc1cc(C)nc(NCCC(=O)NCCc2ccccn2)n1. The molecule has 6 nitrogen and oxygen atoms in total. The Balaban J connectivity index is 1.65. The van der Waals surface area contributed by atoms with E-state index in [0.29, 0.717) is 25.5 Å². The normalized spacial score (nSPS) is 10.3. The fourth-order valence-corrected chi connectivity index (χ4v) is 2.06. The maximum atomic E-state index is 11.7. The molecular formula is C16H21N5O. The minimum Gasteiger partial charge on any atom is -0.356 e. The Labute approximate surface area is 130 Å². The van der Waals surface area contributed by atoms with Crippen LogP contribution in [0, 0.1) is 13.8 Å². The second kappa shape index (κ2) is 8.07. The summed E-state index contributed by atoms with van der Waals surface area (Å²) in [7, 11) is 0. The van der Waals surface area contributed by atoms with Crippen molar-refractivity contribution in [1.82, 2.24) is 20.3 Å².